The molecule has 4 aliphatic carbocycles. The zero-order chi connectivity index (χ0) is 12.3. The van der Waals surface area contributed by atoms with Gasteiger partial charge in [-0.05, 0) is 62.7 Å². The molecule has 1 amide bonds. The molecule has 4 aliphatic rings. The Labute approximate surface area is 105 Å². The Kier molecular flexibility index (Phi) is 2.37. The number of amides is 1. The van der Waals surface area contributed by atoms with Crippen molar-refractivity contribution in [3.63, 3.8) is 0 Å². The number of carbonyl (C=O) groups excluding carboxylic acids is 1. The van der Waals surface area contributed by atoms with Crippen LogP contribution in [0.3, 0.4) is 0 Å². The standard InChI is InChI=1S/C15H25NO/c1-4-16(11(2)17)15-8-12-5-13(9-15)7-14(3,6-12)10-15/h12-13H,4-10H2,1-3H3. The van der Waals surface area contributed by atoms with E-state index in [0.29, 0.717) is 5.41 Å². The van der Waals surface area contributed by atoms with E-state index >= 15 is 0 Å². The van der Waals surface area contributed by atoms with Gasteiger partial charge in [-0.3, -0.25) is 4.79 Å². The zero-order valence-corrected chi connectivity index (χ0v) is 11.5. The maximum atomic E-state index is 11.9. The molecular formula is C15H25NO. The highest BCUT2D eigenvalue weighted by atomic mass is 16.2. The van der Waals surface area contributed by atoms with E-state index in [1.165, 1.54) is 38.5 Å². The third kappa shape index (κ3) is 1.63. The van der Waals surface area contributed by atoms with Crippen LogP contribution in [-0.2, 0) is 4.79 Å². The van der Waals surface area contributed by atoms with Gasteiger partial charge < -0.3 is 4.90 Å². The van der Waals surface area contributed by atoms with Crippen LogP contribution in [0.5, 0.6) is 0 Å². The summed E-state index contributed by atoms with van der Waals surface area (Å²) in [4.78, 5) is 14.1. The van der Waals surface area contributed by atoms with Crippen LogP contribution in [0.1, 0.15) is 59.3 Å². The molecule has 0 spiro atoms. The molecule has 17 heavy (non-hydrogen) atoms. The monoisotopic (exact) mass is 235 g/mol. The Morgan fingerprint density at radius 1 is 1.24 bits per heavy atom. The predicted molar refractivity (Wildman–Crippen MR) is 68.6 cm³/mol. The van der Waals surface area contributed by atoms with Gasteiger partial charge in [0.05, 0.1) is 0 Å². The summed E-state index contributed by atoms with van der Waals surface area (Å²) in [6.45, 7) is 7.25. The summed E-state index contributed by atoms with van der Waals surface area (Å²) in [6, 6.07) is 0. The van der Waals surface area contributed by atoms with Crippen molar-refractivity contribution in [1.29, 1.82) is 0 Å². The van der Waals surface area contributed by atoms with Gasteiger partial charge in [-0.2, -0.15) is 0 Å². The SMILES string of the molecule is CCN(C(C)=O)C12CC3CC(CC(C)(C3)C1)C2. The number of hydrogen-bond donors (Lipinski definition) is 0. The van der Waals surface area contributed by atoms with E-state index in [0.717, 1.165) is 18.4 Å². The van der Waals surface area contributed by atoms with Gasteiger partial charge in [0.25, 0.3) is 0 Å². The van der Waals surface area contributed by atoms with Gasteiger partial charge in [-0.15, -0.1) is 0 Å². The lowest BCUT2D eigenvalue weighted by Gasteiger charge is -2.64. The first-order valence-corrected chi connectivity index (χ1v) is 7.25. The normalized spacial score (nSPS) is 47.2. The van der Waals surface area contributed by atoms with Crippen molar-refractivity contribution in [2.75, 3.05) is 6.54 Å². The lowest BCUT2D eigenvalue weighted by molar-refractivity contribution is -0.157. The molecule has 0 heterocycles. The summed E-state index contributed by atoms with van der Waals surface area (Å²) in [7, 11) is 0. The fraction of sp³-hybridized carbons (Fsp3) is 0.933. The molecular weight excluding hydrogens is 210 g/mol. The highest BCUT2D eigenvalue weighted by Crippen LogP contribution is 2.63. The van der Waals surface area contributed by atoms with E-state index in [4.69, 9.17) is 0 Å². The molecule has 2 heteroatoms. The summed E-state index contributed by atoms with van der Waals surface area (Å²) >= 11 is 0. The first kappa shape index (κ1) is 11.6. The summed E-state index contributed by atoms with van der Waals surface area (Å²) in [6.07, 6.45) is 8.10. The Hall–Kier alpha value is -0.530. The third-order valence-electron chi connectivity index (χ3n) is 5.59. The molecule has 4 saturated carbocycles. The second kappa shape index (κ2) is 3.49. The molecule has 0 aromatic carbocycles. The van der Waals surface area contributed by atoms with E-state index in [9.17, 15) is 4.79 Å². The zero-order valence-electron chi connectivity index (χ0n) is 11.5. The molecule has 0 radical (unpaired) electrons. The molecule has 2 nitrogen and oxygen atoms in total. The van der Waals surface area contributed by atoms with Gasteiger partial charge in [0.2, 0.25) is 5.91 Å². The molecule has 4 rings (SSSR count). The molecule has 2 unspecified atom stereocenters. The maximum Gasteiger partial charge on any atom is 0.219 e. The molecule has 0 aliphatic heterocycles. The molecule has 0 aromatic heterocycles. The summed E-state index contributed by atoms with van der Waals surface area (Å²) in [5.74, 6) is 2.09. The lowest BCUT2D eigenvalue weighted by Crippen LogP contribution is -2.63. The van der Waals surface area contributed by atoms with Gasteiger partial charge in [0, 0.05) is 19.0 Å². The fourth-order valence-corrected chi connectivity index (χ4v) is 5.88. The van der Waals surface area contributed by atoms with Crippen molar-refractivity contribution in [3.05, 3.63) is 0 Å². The van der Waals surface area contributed by atoms with Crippen molar-refractivity contribution in [1.82, 2.24) is 4.90 Å². The van der Waals surface area contributed by atoms with Crippen molar-refractivity contribution < 1.29 is 4.79 Å². The van der Waals surface area contributed by atoms with Gasteiger partial charge in [-0.25, -0.2) is 0 Å². The van der Waals surface area contributed by atoms with Gasteiger partial charge in [-0.1, -0.05) is 6.92 Å². The van der Waals surface area contributed by atoms with Gasteiger partial charge in [0.15, 0.2) is 0 Å². The highest BCUT2D eigenvalue weighted by Gasteiger charge is 2.58. The van der Waals surface area contributed by atoms with Crippen LogP contribution in [0.4, 0.5) is 0 Å². The highest BCUT2D eigenvalue weighted by molar-refractivity contribution is 5.74. The van der Waals surface area contributed by atoms with Crippen LogP contribution in [0.2, 0.25) is 0 Å². The maximum absolute atomic E-state index is 11.9. The number of hydrogen-bond acceptors (Lipinski definition) is 1. The van der Waals surface area contributed by atoms with E-state index in [1.807, 2.05) is 0 Å². The largest absolute Gasteiger partial charge is 0.338 e. The minimum atomic E-state index is 0.236. The van der Waals surface area contributed by atoms with Crippen LogP contribution >= 0.6 is 0 Å². The molecule has 0 N–H and O–H groups in total. The fourth-order valence-electron chi connectivity index (χ4n) is 5.88. The molecule has 4 bridgehead atoms. The van der Waals surface area contributed by atoms with Gasteiger partial charge in [0.1, 0.15) is 0 Å². The van der Waals surface area contributed by atoms with Crippen molar-refractivity contribution in [2.24, 2.45) is 17.3 Å². The molecule has 0 saturated heterocycles. The molecule has 96 valence electrons. The number of carbonyl (C=O) groups is 1. The second-order valence-electron chi connectivity index (χ2n) is 7.26. The Bertz CT molecular complexity index is 335. The predicted octanol–water partition coefficient (Wildman–Crippen LogP) is 3.21. The lowest BCUT2D eigenvalue weighted by atomic mass is 9.47. The molecule has 2 atom stereocenters. The topological polar surface area (TPSA) is 20.3 Å². The smallest absolute Gasteiger partial charge is 0.219 e. The van der Waals surface area contributed by atoms with Crippen LogP contribution < -0.4 is 0 Å². The Morgan fingerprint density at radius 3 is 2.24 bits per heavy atom. The second-order valence-corrected chi connectivity index (χ2v) is 7.26. The minimum absolute atomic E-state index is 0.236. The third-order valence-corrected chi connectivity index (χ3v) is 5.59. The van der Waals surface area contributed by atoms with Crippen molar-refractivity contribution >= 4 is 5.91 Å². The molecule has 0 aromatic rings. The van der Waals surface area contributed by atoms with Crippen LogP contribution in [0.15, 0.2) is 0 Å². The number of rotatable bonds is 2. The van der Waals surface area contributed by atoms with E-state index in [1.54, 1.807) is 6.92 Å². The summed E-state index contributed by atoms with van der Waals surface area (Å²) in [5.41, 5.74) is 0.770. The van der Waals surface area contributed by atoms with E-state index in [-0.39, 0.29) is 11.4 Å². The van der Waals surface area contributed by atoms with Crippen molar-refractivity contribution in [2.45, 2.75) is 64.8 Å². The summed E-state index contributed by atoms with van der Waals surface area (Å²) in [5, 5.41) is 0. The molecule has 4 fully saturated rings. The van der Waals surface area contributed by atoms with Gasteiger partial charge >= 0.3 is 0 Å². The minimum Gasteiger partial charge on any atom is -0.338 e. The van der Waals surface area contributed by atoms with E-state index in [2.05, 4.69) is 18.7 Å². The van der Waals surface area contributed by atoms with Crippen LogP contribution in [0.25, 0.3) is 0 Å². The average Bonchev–Trinajstić information content (AvgIpc) is 2.12. The quantitative estimate of drug-likeness (QED) is 0.719. The first-order valence-electron chi connectivity index (χ1n) is 7.25. The van der Waals surface area contributed by atoms with Crippen molar-refractivity contribution in [3.8, 4) is 0 Å². The summed E-state index contributed by atoms with van der Waals surface area (Å²) < 4.78 is 0. The Morgan fingerprint density at radius 2 is 1.82 bits per heavy atom. The van der Waals surface area contributed by atoms with E-state index < -0.39 is 0 Å². The average molecular weight is 235 g/mol. The van der Waals surface area contributed by atoms with Crippen LogP contribution in [0, 0.1) is 17.3 Å². The first-order chi connectivity index (χ1) is 7.96. The number of nitrogens with zero attached hydrogens (tertiary/aromatic N) is 1. The van der Waals surface area contributed by atoms with Crippen LogP contribution in [-0.4, -0.2) is 22.9 Å². The Balaban J connectivity index is 1.95.